The second-order valence-corrected chi connectivity index (χ2v) is 8.12. The summed E-state index contributed by atoms with van der Waals surface area (Å²) in [6, 6.07) is 24.6. The molecule has 0 saturated carbocycles. The Bertz CT molecular complexity index is 1620. The number of nitrogens with one attached hydrogen (secondary N) is 1. The van der Waals surface area contributed by atoms with Crippen molar-refractivity contribution >= 4 is 28.1 Å². The summed E-state index contributed by atoms with van der Waals surface area (Å²) in [5.74, 6) is -0.474. The fraction of sp³-hybridized carbons (Fsp3) is 0.0714. The largest absolute Gasteiger partial charge is 0.366 e. The van der Waals surface area contributed by atoms with E-state index in [1.807, 2.05) is 61.5 Å². The van der Waals surface area contributed by atoms with Crippen molar-refractivity contribution in [2.75, 3.05) is 5.32 Å². The van der Waals surface area contributed by atoms with Crippen molar-refractivity contribution in [3.8, 4) is 22.4 Å². The number of nitrogens with zero attached hydrogens (tertiary/aromatic N) is 3. The molecule has 0 atom stereocenters. The van der Waals surface area contributed by atoms with Crippen molar-refractivity contribution in [1.82, 2.24) is 14.8 Å². The molecular weight excluding hydrogens is 438 g/mol. The number of carbonyl (C=O) groups excluding carboxylic acids is 1. The van der Waals surface area contributed by atoms with Crippen LogP contribution in [0.25, 0.3) is 33.2 Å². The number of anilines is 2. The number of rotatable bonds is 6. The van der Waals surface area contributed by atoms with Crippen LogP contribution in [0, 0.1) is 0 Å². The first-order valence-corrected chi connectivity index (χ1v) is 11.3. The van der Waals surface area contributed by atoms with Crippen LogP contribution in [0.3, 0.4) is 0 Å². The second kappa shape index (κ2) is 9.23. The maximum atomic E-state index is 13.1. The Balaban J connectivity index is 1.58. The summed E-state index contributed by atoms with van der Waals surface area (Å²) in [5.41, 5.74) is 10.1. The lowest BCUT2D eigenvalue weighted by atomic mass is 9.99. The Morgan fingerprint density at radius 1 is 0.886 bits per heavy atom. The van der Waals surface area contributed by atoms with Gasteiger partial charge in [0, 0.05) is 34.6 Å². The zero-order valence-electron chi connectivity index (χ0n) is 19.1. The van der Waals surface area contributed by atoms with Gasteiger partial charge in [-0.1, -0.05) is 54.6 Å². The van der Waals surface area contributed by atoms with E-state index in [0.717, 1.165) is 33.2 Å². The molecule has 0 aliphatic heterocycles. The Hall–Kier alpha value is -4.78. The lowest BCUT2D eigenvalue weighted by Gasteiger charge is -2.13. The van der Waals surface area contributed by atoms with E-state index in [2.05, 4.69) is 15.4 Å². The van der Waals surface area contributed by atoms with E-state index in [4.69, 9.17) is 5.73 Å². The Labute approximate surface area is 201 Å². The fourth-order valence-electron chi connectivity index (χ4n) is 4.06. The molecule has 2 heterocycles. The van der Waals surface area contributed by atoms with E-state index in [-0.39, 0.29) is 5.56 Å². The van der Waals surface area contributed by atoms with Crippen molar-refractivity contribution in [3.63, 3.8) is 0 Å². The van der Waals surface area contributed by atoms with Crippen molar-refractivity contribution in [1.29, 1.82) is 0 Å². The van der Waals surface area contributed by atoms with Gasteiger partial charge in [0.25, 0.3) is 5.56 Å². The van der Waals surface area contributed by atoms with Gasteiger partial charge in [-0.3, -0.25) is 14.6 Å². The van der Waals surface area contributed by atoms with Gasteiger partial charge in [0.05, 0.1) is 17.6 Å². The maximum absolute atomic E-state index is 13.1. The van der Waals surface area contributed by atoms with E-state index < -0.39 is 5.91 Å². The van der Waals surface area contributed by atoms with Gasteiger partial charge in [-0.15, -0.1) is 0 Å². The molecule has 0 unspecified atom stereocenters. The van der Waals surface area contributed by atoms with Crippen LogP contribution in [0.15, 0.2) is 96.1 Å². The second-order valence-electron chi connectivity index (χ2n) is 8.12. The number of nitrogens with two attached hydrogens (primary N) is 1. The number of aromatic nitrogens is 3. The molecule has 172 valence electrons. The van der Waals surface area contributed by atoms with Gasteiger partial charge in [0.2, 0.25) is 5.91 Å². The molecule has 5 rings (SSSR count). The first kappa shape index (κ1) is 22.0. The summed E-state index contributed by atoms with van der Waals surface area (Å²) in [7, 11) is 0. The summed E-state index contributed by atoms with van der Waals surface area (Å²) in [6.07, 6.45) is 3.51. The van der Waals surface area contributed by atoms with E-state index in [1.165, 1.54) is 4.68 Å². The number of pyridine rings is 1. The van der Waals surface area contributed by atoms with Crippen LogP contribution in [0.1, 0.15) is 17.3 Å². The zero-order chi connectivity index (χ0) is 24.4. The predicted octanol–water partition coefficient (Wildman–Crippen LogP) is 4.99. The highest BCUT2D eigenvalue weighted by atomic mass is 16.1. The standard InChI is InChI=1S/C28H23N5O2/c1-2-33-28(35)25(31-26-17-30-16-22-7-3-4-12-23(22)26)15-24(32-33)20-10-5-8-18(13-20)19-9-6-11-21(14-19)27(29)34/h3-17,31H,2H2,1H3,(H2,29,34). The normalized spacial score (nSPS) is 10.9. The molecule has 5 aromatic rings. The van der Waals surface area contributed by atoms with E-state index in [0.29, 0.717) is 23.5 Å². The van der Waals surface area contributed by atoms with Crippen LogP contribution in [0.5, 0.6) is 0 Å². The molecule has 7 nitrogen and oxygen atoms in total. The van der Waals surface area contributed by atoms with Gasteiger partial charge < -0.3 is 11.1 Å². The summed E-state index contributed by atoms with van der Waals surface area (Å²) >= 11 is 0. The topological polar surface area (TPSA) is 103 Å². The predicted molar refractivity (Wildman–Crippen MR) is 139 cm³/mol. The molecule has 0 spiro atoms. The van der Waals surface area contributed by atoms with Gasteiger partial charge in [0.15, 0.2) is 0 Å². The summed E-state index contributed by atoms with van der Waals surface area (Å²) in [4.78, 5) is 29.0. The molecule has 1 amide bonds. The monoisotopic (exact) mass is 461 g/mol. The van der Waals surface area contributed by atoms with Crippen molar-refractivity contribution in [3.05, 3.63) is 107 Å². The molecule has 0 aliphatic rings. The van der Waals surface area contributed by atoms with Gasteiger partial charge in [-0.2, -0.15) is 5.10 Å². The summed E-state index contributed by atoms with van der Waals surface area (Å²) < 4.78 is 1.44. The summed E-state index contributed by atoms with van der Waals surface area (Å²) in [5, 5.41) is 9.81. The van der Waals surface area contributed by atoms with Crippen LogP contribution in [-0.4, -0.2) is 20.7 Å². The van der Waals surface area contributed by atoms with Crippen molar-refractivity contribution in [2.45, 2.75) is 13.5 Å². The number of fused-ring (bicyclic) bond motifs is 1. The summed E-state index contributed by atoms with van der Waals surface area (Å²) in [6.45, 7) is 2.31. The lowest BCUT2D eigenvalue weighted by Crippen LogP contribution is -2.24. The minimum atomic E-state index is -0.474. The smallest absolute Gasteiger partial charge is 0.290 e. The number of primary amides is 1. The van der Waals surface area contributed by atoms with Crippen LogP contribution in [0.4, 0.5) is 11.4 Å². The molecule has 0 radical (unpaired) electrons. The molecule has 3 N–H and O–H groups in total. The van der Waals surface area contributed by atoms with Crippen molar-refractivity contribution in [2.24, 2.45) is 5.73 Å². The molecule has 2 aromatic heterocycles. The third kappa shape index (κ3) is 4.39. The number of benzene rings is 3. The molecule has 7 heteroatoms. The maximum Gasteiger partial charge on any atom is 0.290 e. The zero-order valence-corrected chi connectivity index (χ0v) is 19.1. The molecular formula is C28H23N5O2. The SMILES string of the molecule is CCn1nc(-c2cccc(-c3cccc(C(N)=O)c3)c2)cc(Nc2cncc3ccccc23)c1=O. The van der Waals surface area contributed by atoms with Crippen LogP contribution < -0.4 is 16.6 Å². The Morgan fingerprint density at radius 2 is 1.63 bits per heavy atom. The van der Waals surface area contributed by atoms with E-state index >= 15 is 0 Å². The minimum absolute atomic E-state index is 0.213. The first-order chi connectivity index (χ1) is 17.0. The number of aryl methyl sites for hydroxylation is 1. The molecule has 0 saturated heterocycles. The average molecular weight is 462 g/mol. The molecule has 0 fully saturated rings. The van der Waals surface area contributed by atoms with Crippen LogP contribution in [-0.2, 0) is 6.54 Å². The quantitative estimate of drug-likeness (QED) is 0.371. The third-order valence-corrected chi connectivity index (χ3v) is 5.85. The van der Waals surface area contributed by atoms with Crippen molar-refractivity contribution < 1.29 is 4.79 Å². The Kier molecular flexibility index (Phi) is 5.81. The highest BCUT2D eigenvalue weighted by molar-refractivity contribution is 5.95. The molecule has 0 aliphatic carbocycles. The third-order valence-electron chi connectivity index (χ3n) is 5.85. The highest BCUT2D eigenvalue weighted by Crippen LogP contribution is 2.28. The fourth-order valence-corrected chi connectivity index (χ4v) is 4.06. The number of hydrogen-bond donors (Lipinski definition) is 2. The average Bonchev–Trinajstić information content (AvgIpc) is 2.90. The van der Waals surface area contributed by atoms with Gasteiger partial charge in [0.1, 0.15) is 5.69 Å². The first-order valence-electron chi connectivity index (χ1n) is 11.3. The number of amides is 1. The molecule has 0 bridgehead atoms. The van der Waals surface area contributed by atoms with Crippen LogP contribution in [0.2, 0.25) is 0 Å². The highest BCUT2D eigenvalue weighted by Gasteiger charge is 2.12. The lowest BCUT2D eigenvalue weighted by molar-refractivity contribution is 0.100. The van der Waals surface area contributed by atoms with Crippen LogP contribution >= 0.6 is 0 Å². The Morgan fingerprint density at radius 3 is 2.43 bits per heavy atom. The minimum Gasteiger partial charge on any atom is -0.366 e. The number of carbonyl (C=O) groups is 1. The molecule has 3 aromatic carbocycles. The van der Waals surface area contributed by atoms with E-state index in [1.54, 1.807) is 36.7 Å². The number of hydrogen-bond acceptors (Lipinski definition) is 5. The molecule has 35 heavy (non-hydrogen) atoms. The van der Waals surface area contributed by atoms with Gasteiger partial charge in [-0.25, -0.2) is 4.68 Å². The van der Waals surface area contributed by atoms with Gasteiger partial charge in [-0.05, 0) is 42.3 Å². The van der Waals surface area contributed by atoms with Gasteiger partial charge >= 0.3 is 0 Å². The van der Waals surface area contributed by atoms with E-state index in [9.17, 15) is 9.59 Å².